The van der Waals surface area contributed by atoms with Gasteiger partial charge in [-0.3, -0.25) is 4.99 Å². The Morgan fingerprint density at radius 3 is 2.31 bits per heavy atom. The number of aromatic nitrogens is 1. The van der Waals surface area contributed by atoms with Crippen molar-refractivity contribution in [3.8, 4) is 22.3 Å². The second kappa shape index (κ2) is 11.7. The summed E-state index contributed by atoms with van der Waals surface area (Å²) in [6.07, 6.45) is 18.8. The number of pyridine rings is 1. The summed E-state index contributed by atoms with van der Waals surface area (Å²) < 4.78 is 0. The minimum absolute atomic E-state index is 0.00137. The number of nitrogens with zero attached hydrogens (tertiary/aromatic N) is 2. The maximum atomic E-state index is 5.22. The molecule has 0 radical (unpaired) electrons. The summed E-state index contributed by atoms with van der Waals surface area (Å²) in [4.78, 5) is 10.1. The molecule has 0 saturated carbocycles. The van der Waals surface area contributed by atoms with Crippen molar-refractivity contribution in [3.05, 3.63) is 169 Å². The van der Waals surface area contributed by atoms with Crippen molar-refractivity contribution < 1.29 is 0 Å². The van der Waals surface area contributed by atoms with Gasteiger partial charge in [-0.05, 0) is 79.6 Å². The first-order chi connectivity index (χ1) is 23.8. The summed E-state index contributed by atoms with van der Waals surface area (Å²) in [5.41, 5.74) is 9.55. The SMILES string of the molecule is C=C/C=C\CCc1ccc2ccc3c(-c4ccc(-c5c6c(nc7ccccc57)C5N=CC=CC5C=C6)c5ccccc45)cccc3c2c1. The molecule has 0 spiro atoms. The molecule has 1 aromatic heterocycles. The van der Waals surface area contributed by atoms with E-state index < -0.39 is 0 Å². The van der Waals surface area contributed by atoms with E-state index in [0.29, 0.717) is 0 Å². The monoisotopic (exact) mass is 614 g/mol. The average Bonchev–Trinajstić information content (AvgIpc) is 3.15. The van der Waals surface area contributed by atoms with Crippen LogP contribution in [0.4, 0.5) is 0 Å². The highest BCUT2D eigenvalue weighted by Gasteiger charge is 2.30. The smallest absolute Gasteiger partial charge is 0.102 e. The molecule has 9 rings (SSSR count). The zero-order chi connectivity index (χ0) is 32.0. The Bertz CT molecular complexity index is 2550. The highest BCUT2D eigenvalue weighted by atomic mass is 14.9. The first-order valence-corrected chi connectivity index (χ1v) is 16.8. The lowest BCUT2D eigenvalue weighted by atomic mass is 9.81. The molecule has 48 heavy (non-hydrogen) atoms. The van der Waals surface area contributed by atoms with Crippen LogP contribution in [0, 0.1) is 5.92 Å². The summed E-state index contributed by atoms with van der Waals surface area (Å²) in [5.74, 6) is 0.232. The number of dihydropyridines is 1. The zero-order valence-electron chi connectivity index (χ0n) is 26.7. The molecule has 0 saturated heterocycles. The van der Waals surface area contributed by atoms with Gasteiger partial charge in [0.2, 0.25) is 0 Å². The zero-order valence-corrected chi connectivity index (χ0v) is 26.7. The van der Waals surface area contributed by atoms with Gasteiger partial charge in [0.1, 0.15) is 6.04 Å². The Hall–Kier alpha value is -5.86. The molecule has 1 aliphatic carbocycles. The van der Waals surface area contributed by atoms with E-state index in [1.165, 1.54) is 71.1 Å². The van der Waals surface area contributed by atoms with E-state index >= 15 is 0 Å². The Morgan fingerprint density at radius 1 is 0.667 bits per heavy atom. The predicted molar refractivity (Wildman–Crippen MR) is 206 cm³/mol. The van der Waals surface area contributed by atoms with Gasteiger partial charge in [0.15, 0.2) is 0 Å². The first kappa shape index (κ1) is 28.4. The maximum absolute atomic E-state index is 5.22. The minimum atomic E-state index is -0.00137. The highest BCUT2D eigenvalue weighted by Crippen LogP contribution is 2.46. The van der Waals surface area contributed by atoms with E-state index in [-0.39, 0.29) is 12.0 Å². The number of benzene rings is 6. The van der Waals surface area contributed by atoms with Crippen LogP contribution in [0.25, 0.3) is 71.6 Å². The molecule has 1 aliphatic heterocycles. The van der Waals surface area contributed by atoms with Crippen LogP contribution in [0.15, 0.2) is 157 Å². The fraction of sp³-hybridized carbons (Fsp3) is 0.0870. The van der Waals surface area contributed by atoms with Crippen LogP contribution >= 0.6 is 0 Å². The van der Waals surface area contributed by atoms with E-state index in [4.69, 9.17) is 9.98 Å². The number of aryl methyl sites for hydroxylation is 1. The quantitative estimate of drug-likeness (QED) is 0.135. The number of aliphatic imine (C=N–C) groups is 1. The average molecular weight is 615 g/mol. The summed E-state index contributed by atoms with van der Waals surface area (Å²) >= 11 is 0. The fourth-order valence-electron chi connectivity index (χ4n) is 7.80. The van der Waals surface area contributed by atoms with Crippen molar-refractivity contribution in [3.63, 3.8) is 0 Å². The van der Waals surface area contributed by atoms with E-state index in [2.05, 4.69) is 140 Å². The lowest BCUT2D eigenvalue weighted by Crippen LogP contribution is -2.17. The van der Waals surface area contributed by atoms with Crippen molar-refractivity contribution in [1.29, 1.82) is 0 Å². The highest BCUT2D eigenvalue weighted by molar-refractivity contribution is 6.17. The second-order valence-electron chi connectivity index (χ2n) is 12.8. The molecule has 2 atom stereocenters. The number of para-hydroxylation sites is 1. The van der Waals surface area contributed by atoms with Crippen LogP contribution in [0.2, 0.25) is 0 Å². The van der Waals surface area contributed by atoms with E-state index in [0.717, 1.165) is 24.1 Å². The third-order valence-corrected chi connectivity index (χ3v) is 10.1. The topological polar surface area (TPSA) is 25.2 Å². The Morgan fingerprint density at radius 2 is 1.42 bits per heavy atom. The van der Waals surface area contributed by atoms with E-state index in [1.807, 2.05) is 24.4 Å². The Kier molecular flexibility index (Phi) is 6.94. The molecular formula is C46H34N2. The molecule has 0 N–H and O–H groups in total. The molecule has 0 fully saturated rings. The van der Waals surface area contributed by atoms with Crippen LogP contribution in [0.1, 0.15) is 29.3 Å². The fourth-order valence-corrected chi connectivity index (χ4v) is 7.80. The van der Waals surface area contributed by atoms with Crippen LogP contribution in [0.5, 0.6) is 0 Å². The molecule has 0 amide bonds. The van der Waals surface area contributed by atoms with E-state index in [9.17, 15) is 0 Å². The Balaban J connectivity index is 1.24. The summed E-state index contributed by atoms with van der Waals surface area (Å²) in [7, 11) is 0. The normalized spacial score (nSPS) is 16.7. The predicted octanol–water partition coefficient (Wildman–Crippen LogP) is 12.0. The van der Waals surface area contributed by atoms with Crippen molar-refractivity contribution in [2.45, 2.75) is 18.9 Å². The van der Waals surface area contributed by atoms with Crippen molar-refractivity contribution in [2.75, 3.05) is 0 Å². The Labute approximate surface area is 280 Å². The largest absolute Gasteiger partial charge is 0.282 e. The minimum Gasteiger partial charge on any atom is -0.282 e. The van der Waals surface area contributed by atoms with Gasteiger partial charge in [-0.15, -0.1) is 0 Å². The maximum Gasteiger partial charge on any atom is 0.102 e. The summed E-state index contributed by atoms with van der Waals surface area (Å²) in [6, 6.07) is 40.4. The van der Waals surface area contributed by atoms with Crippen LogP contribution in [-0.4, -0.2) is 11.2 Å². The van der Waals surface area contributed by atoms with Crippen molar-refractivity contribution in [1.82, 2.24) is 4.98 Å². The third kappa shape index (κ3) is 4.64. The molecule has 2 nitrogen and oxygen atoms in total. The second-order valence-corrected chi connectivity index (χ2v) is 12.8. The lowest BCUT2D eigenvalue weighted by Gasteiger charge is -2.28. The molecule has 2 heteroatoms. The number of hydrogen-bond acceptors (Lipinski definition) is 2. The molecular weight excluding hydrogens is 581 g/mol. The lowest BCUT2D eigenvalue weighted by molar-refractivity contribution is 0.596. The molecule has 6 aromatic carbocycles. The number of allylic oxidation sites excluding steroid dienone is 4. The van der Waals surface area contributed by atoms with Gasteiger partial charge in [-0.2, -0.15) is 0 Å². The third-order valence-electron chi connectivity index (χ3n) is 10.1. The van der Waals surface area contributed by atoms with Gasteiger partial charge in [-0.1, -0.05) is 146 Å². The molecule has 0 bridgehead atoms. The van der Waals surface area contributed by atoms with Crippen molar-refractivity contribution >= 4 is 55.5 Å². The number of hydrogen-bond donors (Lipinski definition) is 0. The van der Waals surface area contributed by atoms with Gasteiger partial charge < -0.3 is 0 Å². The molecule has 228 valence electrons. The molecule has 7 aromatic rings. The summed E-state index contributed by atoms with van der Waals surface area (Å²) in [5, 5.41) is 8.79. The van der Waals surface area contributed by atoms with Crippen molar-refractivity contribution in [2.24, 2.45) is 10.9 Å². The molecule has 2 unspecified atom stereocenters. The number of rotatable bonds is 6. The van der Waals surface area contributed by atoms with Gasteiger partial charge in [-0.25, -0.2) is 4.98 Å². The van der Waals surface area contributed by atoms with Gasteiger partial charge in [0, 0.05) is 28.6 Å². The van der Waals surface area contributed by atoms with Crippen LogP contribution in [-0.2, 0) is 6.42 Å². The van der Waals surface area contributed by atoms with Crippen LogP contribution < -0.4 is 0 Å². The number of fused-ring (bicyclic) bond motifs is 8. The van der Waals surface area contributed by atoms with Gasteiger partial charge >= 0.3 is 0 Å². The standard InChI is InChI=1S/C46H34N2/c1-2-3-4-5-12-30-20-21-31-22-24-37-34(17-10-18-36(37)42(31)29-30)38-26-27-39(35-15-7-6-14-33(35)38)44-40-16-8-9-19-43(40)48-46-41(44)25-23-32-13-11-28-47-45(32)46/h2-4,6-11,13-29,32,45H,1,5,12H2/b4-3-. The van der Waals surface area contributed by atoms with Crippen LogP contribution in [0.3, 0.4) is 0 Å². The van der Waals surface area contributed by atoms with Gasteiger partial charge in [0.05, 0.1) is 11.2 Å². The molecule has 2 heterocycles. The summed E-state index contributed by atoms with van der Waals surface area (Å²) in [6.45, 7) is 3.80. The first-order valence-electron chi connectivity index (χ1n) is 16.8. The van der Waals surface area contributed by atoms with E-state index in [1.54, 1.807) is 0 Å². The van der Waals surface area contributed by atoms with Gasteiger partial charge in [0.25, 0.3) is 0 Å². The molecule has 2 aliphatic rings.